The van der Waals surface area contributed by atoms with Crippen LogP contribution in [0.1, 0.15) is 70.9 Å². The van der Waals surface area contributed by atoms with Gasteiger partial charge in [0, 0.05) is 5.56 Å². The maximum Gasteiger partial charge on any atom is 0.252 e. The molecule has 2 aromatic carbocycles. The summed E-state index contributed by atoms with van der Waals surface area (Å²) in [7, 11) is 1.67. The van der Waals surface area contributed by atoms with Gasteiger partial charge in [-0.2, -0.15) is 0 Å². The molecular formula is C22H29NO2. The van der Waals surface area contributed by atoms with Crippen LogP contribution in [-0.2, 0) is 0 Å². The molecule has 0 saturated carbocycles. The molecule has 0 spiro atoms. The third kappa shape index (κ3) is 4.22. The van der Waals surface area contributed by atoms with Gasteiger partial charge in [-0.05, 0) is 68.0 Å². The van der Waals surface area contributed by atoms with E-state index in [1.807, 2.05) is 26.0 Å². The molecule has 0 aliphatic rings. The average Bonchev–Trinajstić information content (AvgIpc) is 2.53. The molecule has 3 heteroatoms. The largest absolute Gasteiger partial charge is 0.496 e. The van der Waals surface area contributed by atoms with E-state index >= 15 is 0 Å². The number of hydrogen-bond acceptors (Lipinski definition) is 2. The van der Waals surface area contributed by atoms with Gasteiger partial charge in [0.2, 0.25) is 0 Å². The second-order valence-corrected chi connectivity index (χ2v) is 7.12. The molecule has 1 N–H and O–H groups in total. The predicted octanol–water partition coefficient (Wildman–Crippen LogP) is 5.23. The van der Waals surface area contributed by atoms with Crippen molar-refractivity contribution in [3.05, 3.63) is 63.7 Å². The lowest BCUT2D eigenvalue weighted by molar-refractivity contribution is 0.0939. The highest BCUT2D eigenvalue weighted by Crippen LogP contribution is 2.30. The van der Waals surface area contributed by atoms with E-state index in [2.05, 4.69) is 51.2 Å². The SMILES string of the molecule is COc1cc(C)c(C(=O)NC(C)c2ccc(C)cc2C)cc1C(C)C. The Hall–Kier alpha value is -2.29. The van der Waals surface area contributed by atoms with Crippen LogP contribution < -0.4 is 10.1 Å². The molecule has 3 nitrogen and oxygen atoms in total. The van der Waals surface area contributed by atoms with Gasteiger partial charge in [0.25, 0.3) is 5.91 Å². The minimum Gasteiger partial charge on any atom is -0.496 e. The van der Waals surface area contributed by atoms with Crippen molar-refractivity contribution < 1.29 is 9.53 Å². The fraction of sp³-hybridized carbons (Fsp3) is 0.409. The third-order valence-corrected chi connectivity index (χ3v) is 4.68. The number of amides is 1. The van der Waals surface area contributed by atoms with Gasteiger partial charge in [0.15, 0.2) is 0 Å². The lowest BCUT2D eigenvalue weighted by Gasteiger charge is -2.20. The zero-order chi connectivity index (χ0) is 18.7. The number of carbonyl (C=O) groups excluding carboxylic acids is 1. The standard InChI is InChI=1S/C22H29NO2/c1-13(2)19-12-20(16(5)11-21(19)25-7)22(24)23-17(6)18-9-8-14(3)10-15(18)4/h8-13,17H,1-7H3,(H,23,24). The molecule has 0 radical (unpaired) electrons. The van der Waals surface area contributed by atoms with Gasteiger partial charge in [0.05, 0.1) is 13.2 Å². The van der Waals surface area contributed by atoms with Crippen LogP contribution in [0.3, 0.4) is 0 Å². The molecule has 25 heavy (non-hydrogen) atoms. The number of hydrogen-bond donors (Lipinski definition) is 1. The number of benzene rings is 2. The maximum atomic E-state index is 12.9. The van der Waals surface area contributed by atoms with Gasteiger partial charge in [-0.25, -0.2) is 0 Å². The first-order valence-electron chi connectivity index (χ1n) is 8.81. The van der Waals surface area contributed by atoms with Crippen molar-refractivity contribution in [1.29, 1.82) is 0 Å². The molecule has 0 saturated heterocycles. The first kappa shape index (κ1) is 19.0. The van der Waals surface area contributed by atoms with Crippen LogP contribution in [-0.4, -0.2) is 13.0 Å². The minimum atomic E-state index is -0.0467. The zero-order valence-corrected chi connectivity index (χ0v) is 16.4. The Kier molecular flexibility index (Phi) is 5.89. The lowest BCUT2D eigenvalue weighted by atomic mass is 9.95. The molecular weight excluding hydrogens is 310 g/mol. The van der Waals surface area contributed by atoms with Crippen molar-refractivity contribution in [2.45, 2.75) is 53.5 Å². The summed E-state index contributed by atoms with van der Waals surface area (Å²) in [4.78, 5) is 12.9. The van der Waals surface area contributed by atoms with E-state index in [-0.39, 0.29) is 11.9 Å². The minimum absolute atomic E-state index is 0.0444. The van der Waals surface area contributed by atoms with E-state index in [0.29, 0.717) is 11.5 Å². The summed E-state index contributed by atoms with van der Waals surface area (Å²) in [5.74, 6) is 1.08. The fourth-order valence-electron chi connectivity index (χ4n) is 3.23. The summed E-state index contributed by atoms with van der Waals surface area (Å²) < 4.78 is 5.47. The van der Waals surface area contributed by atoms with Gasteiger partial charge >= 0.3 is 0 Å². The molecule has 0 aromatic heterocycles. The topological polar surface area (TPSA) is 38.3 Å². The van der Waals surface area contributed by atoms with E-state index in [0.717, 1.165) is 22.4 Å². The molecule has 2 aromatic rings. The van der Waals surface area contributed by atoms with E-state index in [1.165, 1.54) is 11.1 Å². The smallest absolute Gasteiger partial charge is 0.252 e. The van der Waals surface area contributed by atoms with Crippen molar-refractivity contribution >= 4 is 5.91 Å². The quantitative estimate of drug-likeness (QED) is 0.809. The molecule has 1 atom stereocenters. The molecule has 0 fully saturated rings. The molecule has 0 bridgehead atoms. The van der Waals surface area contributed by atoms with Gasteiger partial charge in [-0.3, -0.25) is 4.79 Å². The summed E-state index contributed by atoms with van der Waals surface area (Å²) in [6, 6.07) is 10.2. The highest BCUT2D eigenvalue weighted by molar-refractivity contribution is 5.96. The van der Waals surface area contributed by atoms with Crippen LogP contribution in [0, 0.1) is 20.8 Å². The van der Waals surface area contributed by atoms with Crippen molar-refractivity contribution in [2.75, 3.05) is 7.11 Å². The van der Waals surface area contributed by atoms with Crippen molar-refractivity contribution in [3.63, 3.8) is 0 Å². The van der Waals surface area contributed by atoms with Crippen LogP contribution >= 0.6 is 0 Å². The number of nitrogens with one attached hydrogen (secondary N) is 1. The van der Waals surface area contributed by atoms with Gasteiger partial charge in [-0.15, -0.1) is 0 Å². The molecule has 1 amide bonds. The second-order valence-electron chi connectivity index (χ2n) is 7.12. The summed E-state index contributed by atoms with van der Waals surface area (Å²) in [5, 5.41) is 3.14. The van der Waals surface area contributed by atoms with Crippen LogP contribution in [0.25, 0.3) is 0 Å². The fourth-order valence-corrected chi connectivity index (χ4v) is 3.23. The molecule has 2 rings (SSSR count). The van der Waals surface area contributed by atoms with Crippen molar-refractivity contribution in [2.24, 2.45) is 0 Å². The maximum absolute atomic E-state index is 12.9. The Balaban J connectivity index is 2.30. The molecule has 1 unspecified atom stereocenters. The number of ether oxygens (including phenoxy) is 1. The second kappa shape index (κ2) is 7.73. The third-order valence-electron chi connectivity index (χ3n) is 4.68. The van der Waals surface area contributed by atoms with Crippen molar-refractivity contribution in [3.8, 4) is 5.75 Å². The van der Waals surface area contributed by atoms with Crippen LogP contribution in [0.15, 0.2) is 30.3 Å². The summed E-state index contributed by atoms with van der Waals surface area (Å²) in [6.07, 6.45) is 0. The van der Waals surface area contributed by atoms with Gasteiger partial charge in [-0.1, -0.05) is 37.6 Å². The van der Waals surface area contributed by atoms with Gasteiger partial charge in [0.1, 0.15) is 5.75 Å². The van der Waals surface area contributed by atoms with Crippen LogP contribution in [0.4, 0.5) is 0 Å². The monoisotopic (exact) mass is 339 g/mol. The highest BCUT2D eigenvalue weighted by Gasteiger charge is 2.18. The average molecular weight is 339 g/mol. The summed E-state index contributed by atoms with van der Waals surface area (Å²) in [6.45, 7) is 12.3. The van der Waals surface area contributed by atoms with Gasteiger partial charge < -0.3 is 10.1 Å². The molecule has 0 heterocycles. The molecule has 0 aliphatic carbocycles. The Morgan fingerprint density at radius 3 is 2.20 bits per heavy atom. The van der Waals surface area contributed by atoms with Crippen molar-refractivity contribution in [1.82, 2.24) is 5.32 Å². The number of aryl methyl sites for hydroxylation is 3. The number of carbonyl (C=O) groups is 1. The Bertz CT molecular complexity index is 778. The Morgan fingerprint density at radius 1 is 0.960 bits per heavy atom. The van der Waals surface area contributed by atoms with E-state index < -0.39 is 0 Å². The Labute approximate surface area is 151 Å². The van der Waals surface area contributed by atoms with Crippen LogP contribution in [0.2, 0.25) is 0 Å². The number of methoxy groups -OCH3 is 1. The van der Waals surface area contributed by atoms with E-state index in [9.17, 15) is 4.79 Å². The Morgan fingerprint density at radius 2 is 1.64 bits per heavy atom. The normalized spacial score (nSPS) is 12.2. The first-order valence-corrected chi connectivity index (χ1v) is 8.81. The summed E-state index contributed by atoms with van der Waals surface area (Å²) >= 11 is 0. The van der Waals surface area contributed by atoms with E-state index in [1.54, 1.807) is 7.11 Å². The zero-order valence-electron chi connectivity index (χ0n) is 16.4. The molecule has 0 aliphatic heterocycles. The van der Waals surface area contributed by atoms with E-state index in [4.69, 9.17) is 4.74 Å². The summed E-state index contributed by atoms with van der Waals surface area (Å²) in [5.41, 5.74) is 6.26. The van der Waals surface area contributed by atoms with Crippen LogP contribution in [0.5, 0.6) is 5.75 Å². The lowest BCUT2D eigenvalue weighted by Crippen LogP contribution is -2.28. The first-order chi connectivity index (χ1) is 11.7. The predicted molar refractivity (Wildman–Crippen MR) is 104 cm³/mol. The molecule has 134 valence electrons. The highest BCUT2D eigenvalue weighted by atomic mass is 16.5. The number of rotatable bonds is 5.